The zero-order chi connectivity index (χ0) is 18.8. The summed E-state index contributed by atoms with van der Waals surface area (Å²) in [5.41, 5.74) is 3.33. The molecule has 2 aromatic carbocycles. The summed E-state index contributed by atoms with van der Waals surface area (Å²) in [5, 5.41) is 0. The van der Waals surface area contributed by atoms with E-state index in [4.69, 9.17) is 0 Å². The van der Waals surface area contributed by atoms with E-state index in [0.29, 0.717) is 6.54 Å². The molecule has 27 heavy (non-hydrogen) atoms. The number of carbonyl (C=O) groups excluding carboxylic acids is 1. The zero-order valence-corrected chi connectivity index (χ0v) is 15.8. The van der Waals surface area contributed by atoms with E-state index >= 15 is 0 Å². The van der Waals surface area contributed by atoms with Gasteiger partial charge in [-0.2, -0.15) is 0 Å². The lowest BCUT2D eigenvalue weighted by Gasteiger charge is -2.35. The molecule has 5 heteroatoms. The van der Waals surface area contributed by atoms with Crippen molar-refractivity contribution in [2.45, 2.75) is 25.9 Å². The Morgan fingerprint density at radius 3 is 2.56 bits per heavy atom. The number of anilines is 1. The Bertz CT molecular complexity index is 817. The Morgan fingerprint density at radius 2 is 1.78 bits per heavy atom. The van der Waals surface area contributed by atoms with Crippen LogP contribution in [0.3, 0.4) is 0 Å². The molecular formula is C22H26FN3O. The maximum Gasteiger partial charge on any atom is 0.241 e. The first-order valence-corrected chi connectivity index (χ1v) is 9.69. The van der Waals surface area contributed by atoms with Crippen molar-refractivity contribution in [2.24, 2.45) is 0 Å². The predicted octanol–water partition coefficient (Wildman–Crippen LogP) is 2.92. The number of benzene rings is 2. The Labute approximate surface area is 160 Å². The van der Waals surface area contributed by atoms with E-state index in [-0.39, 0.29) is 17.8 Å². The zero-order valence-electron chi connectivity index (χ0n) is 15.8. The molecule has 0 spiro atoms. The summed E-state index contributed by atoms with van der Waals surface area (Å²) in [6, 6.07) is 15.2. The van der Waals surface area contributed by atoms with Gasteiger partial charge in [0.2, 0.25) is 5.91 Å². The van der Waals surface area contributed by atoms with Crippen molar-refractivity contribution in [3.05, 3.63) is 65.5 Å². The number of fused-ring (bicyclic) bond motifs is 1. The molecule has 0 radical (unpaired) electrons. The van der Waals surface area contributed by atoms with Crippen LogP contribution in [-0.2, 0) is 17.8 Å². The third-order valence-electron chi connectivity index (χ3n) is 5.59. The third-order valence-corrected chi connectivity index (χ3v) is 5.59. The average Bonchev–Trinajstić information content (AvgIpc) is 2.99. The maximum atomic E-state index is 13.3. The van der Waals surface area contributed by atoms with E-state index < -0.39 is 0 Å². The predicted molar refractivity (Wildman–Crippen MR) is 105 cm³/mol. The van der Waals surface area contributed by atoms with Crippen LogP contribution in [0.1, 0.15) is 18.1 Å². The maximum absolute atomic E-state index is 13.3. The van der Waals surface area contributed by atoms with Gasteiger partial charge in [-0.3, -0.25) is 14.6 Å². The smallest absolute Gasteiger partial charge is 0.241 e. The lowest BCUT2D eigenvalue weighted by atomic mass is 10.1. The van der Waals surface area contributed by atoms with Gasteiger partial charge >= 0.3 is 0 Å². The standard InChI is InChI=1S/C22H26FN3O/c1-17-13-19-6-2-3-8-21(19)26(17)22(27)16-25-11-9-24(10-12-25)15-18-5-4-7-20(23)14-18/h2-8,14,17H,9-13,15-16H2,1H3/t17-/m1/s1. The number of hydrogen-bond donors (Lipinski definition) is 0. The first kappa shape index (κ1) is 18.1. The van der Waals surface area contributed by atoms with Crippen molar-refractivity contribution in [3.8, 4) is 0 Å². The van der Waals surface area contributed by atoms with Gasteiger partial charge in [0.15, 0.2) is 0 Å². The summed E-state index contributed by atoms with van der Waals surface area (Å²) in [4.78, 5) is 19.4. The van der Waals surface area contributed by atoms with Gasteiger partial charge in [0.1, 0.15) is 5.82 Å². The van der Waals surface area contributed by atoms with Crippen molar-refractivity contribution in [1.29, 1.82) is 0 Å². The largest absolute Gasteiger partial charge is 0.308 e. The quantitative estimate of drug-likeness (QED) is 0.831. The highest BCUT2D eigenvalue weighted by atomic mass is 19.1. The van der Waals surface area contributed by atoms with Crippen LogP contribution in [0.15, 0.2) is 48.5 Å². The Morgan fingerprint density at radius 1 is 1.04 bits per heavy atom. The molecule has 0 saturated carbocycles. The number of para-hydroxylation sites is 1. The molecule has 4 nitrogen and oxygen atoms in total. The fourth-order valence-corrected chi connectivity index (χ4v) is 4.21. The monoisotopic (exact) mass is 367 g/mol. The van der Waals surface area contributed by atoms with Crippen LogP contribution >= 0.6 is 0 Å². The van der Waals surface area contributed by atoms with E-state index in [9.17, 15) is 9.18 Å². The molecule has 1 saturated heterocycles. The molecule has 1 amide bonds. The lowest BCUT2D eigenvalue weighted by Crippen LogP contribution is -2.50. The fraction of sp³-hybridized carbons (Fsp3) is 0.409. The second kappa shape index (κ2) is 7.79. The molecule has 2 aliphatic heterocycles. The van der Waals surface area contributed by atoms with Crippen LogP contribution in [0.25, 0.3) is 0 Å². The minimum absolute atomic E-state index is 0.184. The second-order valence-electron chi connectivity index (χ2n) is 7.63. The van der Waals surface area contributed by atoms with Gasteiger partial charge in [0.25, 0.3) is 0 Å². The summed E-state index contributed by atoms with van der Waals surface area (Å²) in [6.45, 7) is 6.87. The molecule has 1 atom stereocenters. The molecular weight excluding hydrogens is 341 g/mol. The van der Waals surface area contributed by atoms with Crippen molar-refractivity contribution in [1.82, 2.24) is 9.80 Å². The SMILES string of the molecule is C[C@@H]1Cc2ccccc2N1C(=O)CN1CCN(Cc2cccc(F)c2)CC1. The molecule has 0 aromatic heterocycles. The highest BCUT2D eigenvalue weighted by Gasteiger charge is 2.31. The number of nitrogens with zero attached hydrogens (tertiary/aromatic N) is 3. The minimum Gasteiger partial charge on any atom is -0.308 e. The van der Waals surface area contributed by atoms with Gasteiger partial charge in [0, 0.05) is 44.5 Å². The minimum atomic E-state index is -0.184. The summed E-state index contributed by atoms with van der Waals surface area (Å²) in [7, 11) is 0. The third kappa shape index (κ3) is 4.04. The summed E-state index contributed by atoms with van der Waals surface area (Å²) < 4.78 is 13.3. The molecule has 0 bridgehead atoms. The Kier molecular flexibility index (Phi) is 5.23. The molecule has 0 unspecified atom stereocenters. The van der Waals surface area contributed by atoms with Crippen molar-refractivity contribution in [2.75, 3.05) is 37.6 Å². The first-order chi connectivity index (χ1) is 13.1. The number of piperazine rings is 1. The number of hydrogen-bond acceptors (Lipinski definition) is 3. The highest BCUT2D eigenvalue weighted by Crippen LogP contribution is 2.31. The molecule has 1 fully saturated rings. The summed E-state index contributed by atoms with van der Waals surface area (Å²) in [6.07, 6.45) is 0.934. The average molecular weight is 367 g/mol. The molecule has 2 aromatic rings. The van der Waals surface area contributed by atoms with E-state index in [2.05, 4.69) is 22.8 Å². The fourth-order valence-electron chi connectivity index (χ4n) is 4.21. The normalized spacial score (nSPS) is 20.7. The summed E-state index contributed by atoms with van der Waals surface area (Å²) in [5.74, 6) is 0.00257. The van der Waals surface area contributed by atoms with Gasteiger partial charge in [-0.25, -0.2) is 4.39 Å². The van der Waals surface area contributed by atoms with Crippen molar-refractivity contribution in [3.63, 3.8) is 0 Å². The van der Waals surface area contributed by atoms with E-state index in [0.717, 1.165) is 50.4 Å². The van der Waals surface area contributed by atoms with Crippen LogP contribution in [0.5, 0.6) is 0 Å². The highest BCUT2D eigenvalue weighted by molar-refractivity contribution is 5.97. The topological polar surface area (TPSA) is 26.8 Å². The van der Waals surface area contributed by atoms with Gasteiger partial charge in [-0.05, 0) is 42.7 Å². The number of rotatable bonds is 4. The Hall–Kier alpha value is -2.24. The van der Waals surface area contributed by atoms with Crippen molar-refractivity contribution < 1.29 is 9.18 Å². The number of amides is 1. The number of halogens is 1. The molecule has 0 aliphatic carbocycles. The molecule has 4 rings (SSSR count). The van der Waals surface area contributed by atoms with Crippen LogP contribution in [0, 0.1) is 5.82 Å². The van der Waals surface area contributed by atoms with Gasteiger partial charge in [-0.1, -0.05) is 30.3 Å². The first-order valence-electron chi connectivity index (χ1n) is 9.69. The van der Waals surface area contributed by atoms with Crippen molar-refractivity contribution >= 4 is 11.6 Å². The molecule has 2 aliphatic rings. The van der Waals surface area contributed by atoms with Crippen LogP contribution < -0.4 is 4.90 Å². The second-order valence-corrected chi connectivity index (χ2v) is 7.63. The van der Waals surface area contributed by atoms with Gasteiger partial charge < -0.3 is 4.90 Å². The van der Waals surface area contributed by atoms with Gasteiger partial charge in [0.05, 0.1) is 6.54 Å². The molecule has 2 heterocycles. The van der Waals surface area contributed by atoms with Gasteiger partial charge in [-0.15, -0.1) is 0 Å². The molecule has 0 N–H and O–H groups in total. The van der Waals surface area contributed by atoms with Crippen LogP contribution in [0.4, 0.5) is 10.1 Å². The van der Waals surface area contributed by atoms with Crippen LogP contribution in [-0.4, -0.2) is 54.5 Å². The van der Waals surface area contributed by atoms with E-state index in [1.54, 1.807) is 12.1 Å². The molecule has 142 valence electrons. The summed E-state index contributed by atoms with van der Waals surface area (Å²) >= 11 is 0. The number of carbonyl (C=O) groups is 1. The Balaban J connectivity index is 1.31. The van der Waals surface area contributed by atoms with E-state index in [1.807, 2.05) is 29.2 Å². The van der Waals surface area contributed by atoms with Crippen LogP contribution in [0.2, 0.25) is 0 Å². The van der Waals surface area contributed by atoms with E-state index in [1.165, 1.54) is 11.6 Å². The lowest BCUT2D eigenvalue weighted by molar-refractivity contribution is -0.120.